The third kappa shape index (κ3) is 2.06. The predicted octanol–water partition coefficient (Wildman–Crippen LogP) is 2.83. The van der Waals surface area contributed by atoms with Crippen LogP contribution in [-0.2, 0) is 11.2 Å². The molecule has 0 atom stereocenters. The van der Waals surface area contributed by atoms with Gasteiger partial charge in [-0.3, -0.25) is 4.79 Å². The molecule has 4 nitrogen and oxygen atoms in total. The molecular formula is C14H17NO3. The van der Waals surface area contributed by atoms with E-state index in [4.69, 9.17) is 4.74 Å². The van der Waals surface area contributed by atoms with Crippen molar-refractivity contribution in [1.29, 1.82) is 0 Å². The van der Waals surface area contributed by atoms with Crippen LogP contribution in [0.1, 0.15) is 19.4 Å². The summed E-state index contributed by atoms with van der Waals surface area (Å²) >= 11 is 0. The first kappa shape index (κ1) is 12.5. The summed E-state index contributed by atoms with van der Waals surface area (Å²) in [6, 6.07) is 5.80. The maximum Gasteiger partial charge on any atom is 0.309 e. The van der Waals surface area contributed by atoms with Crippen molar-refractivity contribution in [1.82, 2.24) is 4.98 Å². The van der Waals surface area contributed by atoms with Crippen molar-refractivity contribution in [2.75, 3.05) is 7.11 Å². The molecule has 2 aromatic rings. The van der Waals surface area contributed by atoms with Crippen LogP contribution in [0.25, 0.3) is 10.9 Å². The zero-order chi connectivity index (χ0) is 13.3. The Morgan fingerprint density at radius 2 is 2.11 bits per heavy atom. The zero-order valence-corrected chi connectivity index (χ0v) is 10.8. The second-order valence-electron chi connectivity index (χ2n) is 5.06. The number of aromatic amines is 1. The van der Waals surface area contributed by atoms with Gasteiger partial charge < -0.3 is 14.8 Å². The molecule has 0 amide bonds. The Bertz CT molecular complexity index is 584. The van der Waals surface area contributed by atoms with Gasteiger partial charge in [-0.25, -0.2) is 0 Å². The average Bonchev–Trinajstić information content (AvgIpc) is 2.76. The molecular weight excluding hydrogens is 230 g/mol. The molecule has 0 bridgehead atoms. The van der Waals surface area contributed by atoms with E-state index in [9.17, 15) is 9.90 Å². The first-order chi connectivity index (χ1) is 8.45. The number of aromatic nitrogens is 1. The van der Waals surface area contributed by atoms with Crippen molar-refractivity contribution in [3.05, 3.63) is 30.0 Å². The number of benzene rings is 1. The molecule has 0 fully saturated rings. The van der Waals surface area contributed by atoms with Gasteiger partial charge in [-0.15, -0.1) is 0 Å². The van der Waals surface area contributed by atoms with Crippen molar-refractivity contribution < 1.29 is 14.6 Å². The molecule has 0 aliphatic carbocycles. The lowest BCUT2D eigenvalue weighted by atomic mass is 9.85. The molecule has 4 heteroatoms. The number of carboxylic acids is 1. The number of fused-ring (bicyclic) bond motifs is 1. The normalized spacial score (nSPS) is 11.7. The molecule has 1 aromatic carbocycles. The minimum Gasteiger partial charge on any atom is -0.496 e. The van der Waals surface area contributed by atoms with Gasteiger partial charge >= 0.3 is 5.97 Å². The van der Waals surface area contributed by atoms with Crippen LogP contribution in [0.3, 0.4) is 0 Å². The van der Waals surface area contributed by atoms with Crippen molar-refractivity contribution in [2.24, 2.45) is 5.41 Å². The third-order valence-electron chi connectivity index (χ3n) is 3.18. The Kier molecular flexibility index (Phi) is 3.03. The average molecular weight is 247 g/mol. The zero-order valence-electron chi connectivity index (χ0n) is 10.8. The summed E-state index contributed by atoms with van der Waals surface area (Å²) < 4.78 is 5.43. The van der Waals surface area contributed by atoms with Gasteiger partial charge in [-0.05, 0) is 38.0 Å². The second kappa shape index (κ2) is 4.37. The van der Waals surface area contributed by atoms with E-state index in [0.717, 1.165) is 22.2 Å². The number of methoxy groups -OCH3 is 1. The van der Waals surface area contributed by atoms with E-state index in [2.05, 4.69) is 4.98 Å². The molecule has 0 saturated carbocycles. The van der Waals surface area contributed by atoms with Gasteiger partial charge in [0.25, 0.3) is 0 Å². The van der Waals surface area contributed by atoms with Gasteiger partial charge in [0.2, 0.25) is 0 Å². The summed E-state index contributed by atoms with van der Waals surface area (Å²) in [5, 5.41) is 10.2. The first-order valence-electron chi connectivity index (χ1n) is 5.82. The minimum atomic E-state index is -0.808. The molecule has 2 N–H and O–H groups in total. The second-order valence-corrected chi connectivity index (χ2v) is 5.06. The summed E-state index contributed by atoms with van der Waals surface area (Å²) in [6.07, 6.45) is 2.28. The van der Waals surface area contributed by atoms with Crippen LogP contribution in [0.5, 0.6) is 5.75 Å². The standard InChI is InChI=1S/C14H17NO3/c1-14(2,13(16)17)8-9-4-5-11-10(6-7-15-11)12(9)18-3/h4-7,15H,8H2,1-3H3,(H,16,17). The molecule has 2 rings (SSSR count). The van der Waals surface area contributed by atoms with Crippen LogP contribution in [0.4, 0.5) is 0 Å². The smallest absolute Gasteiger partial charge is 0.309 e. The van der Waals surface area contributed by atoms with Crippen molar-refractivity contribution >= 4 is 16.9 Å². The number of carboxylic acid groups (broad SMARTS) is 1. The SMILES string of the molecule is COc1c(CC(C)(C)C(=O)O)ccc2[nH]ccc12. The highest BCUT2D eigenvalue weighted by molar-refractivity contribution is 5.87. The Morgan fingerprint density at radius 1 is 1.39 bits per heavy atom. The lowest BCUT2D eigenvalue weighted by molar-refractivity contribution is -0.146. The lowest BCUT2D eigenvalue weighted by Gasteiger charge is -2.20. The third-order valence-corrected chi connectivity index (χ3v) is 3.18. The minimum absolute atomic E-state index is 0.437. The summed E-state index contributed by atoms with van der Waals surface area (Å²) in [5.41, 5.74) is 1.10. The van der Waals surface area contributed by atoms with Crippen LogP contribution in [0.15, 0.2) is 24.4 Å². The number of rotatable bonds is 4. The van der Waals surface area contributed by atoms with E-state index >= 15 is 0 Å². The van der Waals surface area contributed by atoms with Gasteiger partial charge in [-0.1, -0.05) is 6.07 Å². The molecule has 1 aromatic heterocycles. The van der Waals surface area contributed by atoms with Gasteiger partial charge in [-0.2, -0.15) is 0 Å². The van der Waals surface area contributed by atoms with Gasteiger partial charge in [0, 0.05) is 17.1 Å². The van der Waals surface area contributed by atoms with Gasteiger partial charge in [0.15, 0.2) is 0 Å². The van der Waals surface area contributed by atoms with Gasteiger partial charge in [0.1, 0.15) is 5.75 Å². The van der Waals surface area contributed by atoms with Crippen LogP contribution < -0.4 is 4.74 Å². The van der Waals surface area contributed by atoms with E-state index < -0.39 is 11.4 Å². The number of nitrogens with one attached hydrogen (secondary N) is 1. The van der Waals surface area contributed by atoms with E-state index in [1.165, 1.54) is 0 Å². The summed E-state index contributed by atoms with van der Waals surface area (Å²) in [4.78, 5) is 14.3. The fourth-order valence-corrected chi connectivity index (χ4v) is 2.08. The van der Waals surface area contributed by atoms with E-state index in [1.54, 1.807) is 21.0 Å². The molecule has 0 unspecified atom stereocenters. The number of H-pyrrole nitrogens is 1. The Labute approximate surface area is 106 Å². The van der Waals surface area contributed by atoms with E-state index in [-0.39, 0.29) is 0 Å². The lowest BCUT2D eigenvalue weighted by Crippen LogP contribution is -2.26. The maximum absolute atomic E-state index is 11.2. The van der Waals surface area contributed by atoms with Crippen LogP contribution >= 0.6 is 0 Å². The van der Waals surface area contributed by atoms with Crippen molar-refractivity contribution in [3.8, 4) is 5.75 Å². The highest BCUT2D eigenvalue weighted by Gasteiger charge is 2.29. The molecule has 96 valence electrons. The topological polar surface area (TPSA) is 62.3 Å². The molecule has 18 heavy (non-hydrogen) atoms. The number of hydrogen-bond donors (Lipinski definition) is 2. The Morgan fingerprint density at radius 3 is 2.72 bits per heavy atom. The molecule has 0 saturated heterocycles. The van der Waals surface area contributed by atoms with E-state index in [1.807, 2.05) is 24.4 Å². The largest absolute Gasteiger partial charge is 0.496 e. The molecule has 0 radical (unpaired) electrons. The van der Waals surface area contributed by atoms with Crippen molar-refractivity contribution in [3.63, 3.8) is 0 Å². The number of hydrogen-bond acceptors (Lipinski definition) is 2. The maximum atomic E-state index is 11.2. The number of ether oxygens (including phenoxy) is 1. The van der Waals surface area contributed by atoms with Crippen LogP contribution in [-0.4, -0.2) is 23.2 Å². The number of aliphatic carboxylic acids is 1. The molecule has 1 heterocycles. The fourth-order valence-electron chi connectivity index (χ4n) is 2.08. The number of carbonyl (C=O) groups is 1. The fraction of sp³-hybridized carbons (Fsp3) is 0.357. The van der Waals surface area contributed by atoms with Crippen LogP contribution in [0, 0.1) is 5.41 Å². The molecule has 0 aliphatic heterocycles. The molecule has 0 spiro atoms. The predicted molar refractivity (Wildman–Crippen MR) is 70.0 cm³/mol. The summed E-state index contributed by atoms with van der Waals surface area (Å²) in [7, 11) is 1.61. The highest BCUT2D eigenvalue weighted by atomic mass is 16.5. The summed E-state index contributed by atoms with van der Waals surface area (Å²) in [5.74, 6) is -0.0539. The Balaban J connectivity index is 2.48. The molecule has 0 aliphatic rings. The first-order valence-corrected chi connectivity index (χ1v) is 5.82. The van der Waals surface area contributed by atoms with Gasteiger partial charge in [0.05, 0.1) is 12.5 Å². The summed E-state index contributed by atoms with van der Waals surface area (Å²) in [6.45, 7) is 3.44. The van der Waals surface area contributed by atoms with Crippen LogP contribution in [0.2, 0.25) is 0 Å². The monoisotopic (exact) mass is 247 g/mol. The highest BCUT2D eigenvalue weighted by Crippen LogP contribution is 2.33. The van der Waals surface area contributed by atoms with E-state index in [0.29, 0.717) is 6.42 Å². The quantitative estimate of drug-likeness (QED) is 0.873. The van der Waals surface area contributed by atoms with Crippen molar-refractivity contribution in [2.45, 2.75) is 20.3 Å². The Hall–Kier alpha value is -1.97.